The number of benzene rings is 2. The van der Waals surface area contributed by atoms with Crippen LogP contribution < -0.4 is 4.74 Å². The zero-order chi connectivity index (χ0) is 14.7. The Labute approximate surface area is 118 Å². The van der Waals surface area contributed by atoms with Crippen LogP contribution in [0, 0.1) is 5.82 Å². The minimum atomic E-state index is -0.621. The van der Waals surface area contributed by atoms with Crippen LogP contribution >= 0.6 is 0 Å². The topological polar surface area (TPSA) is 69.9 Å². The molecule has 6 nitrogen and oxygen atoms in total. The summed E-state index contributed by atoms with van der Waals surface area (Å²) in [5, 5.41) is 10.8. The average Bonchev–Trinajstić information content (AvgIpc) is 3.02. The molecule has 1 heterocycles. The highest BCUT2D eigenvalue weighted by Gasteiger charge is 2.09. The Morgan fingerprint density at radius 1 is 1.14 bits per heavy atom. The number of tetrazole rings is 1. The van der Waals surface area contributed by atoms with Gasteiger partial charge >= 0.3 is 5.97 Å². The fourth-order valence-corrected chi connectivity index (χ4v) is 1.73. The molecule has 0 fully saturated rings. The molecule has 7 heteroatoms. The molecule has 0 aliphatic rings. The zero-order valence-corrected chi connectivity index (χ0v) is 10.7. The Kier molecular flexibility index (Phi) is 3.38. The van der Waals surface area contributed by atoms with Crippen molar-refractivity contribution < 1.29 is 13.9 Å². The van der Waals surface area contributed by atoms with Gasteiger partial charge < -0.3 is 4.74 Å². The van der Waals surface area contributed by atoms with E-state index in [0.717, 1.165) is 11.8 Å². The molecule has 0 aliphatic carbocycles. The lowest BCUT2D eigenvalue weighted by Crippen LogP contribution is -2.08. The van der Waals surface area contributed by atoms with E-state index < -0.39 is 11.8 Å². The number of hydrogen-bond acceptors (Lipinski definition) is 5. The van der Waals surface area contributed by atoms with Crippen molar-refractivity contribution in [3.8, 4) is 11.4 Å². The van der Waals surface area contributed by atoms with Crippen LogP contribution in [0.5, 0.6) is 5.75 Å². The second-order valence-corrected chi connectivity index (χ2v) is 4.15. The fraction of sp³-hybridized carbons (Fsp3) is 0. The van der Waals surface area contributed by atoms with Crippen LogP contribution in [0.25, 0.3) is 5.69 Å². The van der Waals surface area contributed by atoms with Crippen molar-refractivity contribution in [2.24, 2.45) is 0 Å². The summed E-state index contributed by atoms with van der Waals surface area (Å²) in [6, 6.07) is 11.9. The Balaban J connectivity index is 1.75. The number of carbonyl (C=O) groups excluding carboxylic acids is 1. The molecule has 104 valence electrons. The highest BCUT2D eigenvalue weighted by atomic mass is 19.1. The molecule has 0 radical (unpaired) electrons. The van der Waals surface area contributed by atoms with Crippen LogP contribution in [0.1, 0.15) is 10.4 Å². The first-order chi connectivity index (χ1) is 10.2. The Morgan fingerprint density at radius 3 is 2.62 bits per heavy atom. The summed E-state index contributed by atoms with van der Waals surface area (Å²) in [6.07, 6.45) is 1.45. The van der Waals surface area contributed by atoms with Crippen molar-refractivity contribution in [1.82, 2.24) is 20.2 Å². The van der Waals surface area contributed by atoms with Gasteiger partial charge in [-0.1, -0.05) is 6.07 Å². The molecule has 3 aromatic rings. The van der Waals surface area contributed by atoms with Crippen LogP contribution in [0.4, 0.5) is 4.39 Å². The summed E-state index contributed by atoms with van der Waals surface area (Å²) in [5.74, 6) is -0.760. The molecule has 0 N–H and O–H groups in total. The summed E-state index contributed by atoms with van der Waals surface area (Å²) in [4.78, 5) is 11.9. The van der Waals surface area contributed by atoms with Gasteiger partial charge in [0.15, 0.2) is 0 Å². The van der Waals surface area contributed by atoms with Gasteiger partial charge in [-0.3, -0.25) is 0 Å². The third kappa shape index (κ3) is 2.92. The monoisotopic (exact) mass is 284 g/mol. The molecule has 2 aromatic carbocycles. The minimum absolute atomic E-state index is 0.152. The number of ether oxygens (including phenoxy) is 1. The Morgan fingerprint density at radius 2 is 1.95 bits per heavy atom. The molecule has 3 rings (SSSR count). The van der Waals surface area contributed by atoms with Gasteiger partial charge in [0.05, 0.1) is 11.3 Å². The molecular formula is C14H9FN4O2. The first-order valence-corrected chi connectivity index (χ1v) is 6.03. The van der Waals surface area contributed by atoms with Gasteiger partial charge in [-0.15, -0.1) is 5.10 Å². The van der Waals surface area contributed by atoms with Gasteiger partial charge in [0.1, 0.15) is 17.9 Å². The van der Waals surface area contributed by atoms with Gasteiger partial charge in [0, 0.05) is 0 Å². The number of aromatic nitrogens is 4. The van der Waals surface area contributed by atoms with Crippen molar-refractivity contribution in [3.05, 3.63) is 66.2 Å². The van der Waals surface area contributed by atoms with Crippen molar-refractivity contribution in [2.75, 3.05) is 0 Å². The molecule has 0 aliphatic heterocycles. The van der Waals surface area contributed by atoms with Crippen molar-refractivity contribution in [2.45, 2.75) is 0 Å². The van der Waals surface area contributed by atoms with E-state index in [9.17, 15) is 9.18 Å². The Bertz CT molecular complexity index is 757. The van der Waals surface area contributed by atoms with Gasteiger partial charge in [-0.05, 0) is 52.9 Å². The van der Waals surface area contributed by atoms with Crippen LogP contribution in [0.15, 0.2) is 54.9 Å². The molecular weight excluding hydrogens is 275 g/mol. The van der Waals surface area contributed by atoms with Crippen molar-refractivity contribution in [1.29, 1.82) is 0 Å². The second kappa shape index (κ2) is 5.49. The predicted octanol–water partition coefficient (Wildman–Crippen LogP) is 2.02. The molecule has 0 amide bonds. The van der Waals surface area contributed by atoms with E-state index in [1.165, 1.54) is 29.2 Å². The molecule has 0 spiro atoms. The summed E-state index contributed by atoms with van der Waals surface area (Å²) >= 11 is 0. The molecule has 0 bridgehead atoms. The normalized spacial score (nSPS) is 10.3. The molecule has 0 saturated heterocycles. The summed E-state index contributed by atoms with van der Waals surface area (Å²) in [7, 11) is 0. The lowest BCUT2D eigenvalue weighted by atomic mass is 10.2. The summed E-state index contributed by atoms with van der Waals surface area (Å²) in [6.45, 7) is 0. The molecule has 0 saturated carbocycles. The largest absolute Gasteiger partial charge is 0.423 e. The van der Waals surface area contributed by atoms with E-state index in [1.807, 2.05) is 0 Å². The fourth-order valence-electron chi connectivity index (χ4n) is 1.73. The molecule has 21 heavy (non-hydrogen) atoms. The highest BCUT2D eigenvalue weighted by Crippen LogP contribution is 2.16. The van der Waals surface area contributed by atoms with Crippen LogP contribution in [0.2, 0.25) is 0 Å². The number of nitrogens with zero attached hydrogens (tertiary/aromatic N) is 4. The SMILES string of the molecule is O=C(Oc1ccc(-n2cnnn2)cc1)c1cccc(F)c1. The van der Waals surface area contributed by atoms with Crippen LogP contribution in [-0.4, -0.2) is 26.2 Å². The third-order valence-corrected chi connectivity index (χ3v) is 2.72. The number of halogens is 1. The second-order valence-electron chi connectivity index (χ2n) is 4.15. The van der Waals surface area contributed by atoms with Crippen molar-refractivity contribution >= 4 is 5.97 Å². The van der Waals surface area contributed by atoms with Gasteiger partial charge in [-0.25, -0.2) is 13.9 Å². The maximum absolute atomic E-state index is 13.0. The van der Waals surface area contributed by atoms with Crippen molar-refractivity contribution in [3.63, 3.8) is 0 Å². The van der Waals surface area contributed by atoms with Crippen LogP contribution in [0.3, 0.4) is 0 Å². The summed E-state index contributed by atoms with van der Waals surface area (Å²) in [5.41, 5.74) is 0.880. The first kappa shape index (κ1) is 12.9. The lowest BCUT2D eigenvalue weighted by molar-refractivity contribution is 0.0734. The number of rotatable bonds is 3. The number of carbonyl (C=O) groups is 1. The van der Waals surface area contributed by atoms with E-state index in [1.54, 1.807) is 24.3 Å². The van der Waals surface area contributed by atoms with E-state index in [0.29, 0.717) is 5.75 Å². The van der Waals surface area contributed by atoms with Gasteiger partial charge in [0.25, 0.3) is 0 Å². The maximum Gasteiger partial charge on any atom is 0.343 e. The van der Waals surface area contributed by atoms with Gasteiger partial charge in [-0.2, -0.15) is 0 Å². The Hall–Kier alpha value is -3.09. The maximum atomic E-state index is 13.0. The predicted molar refractivity (Wildman–Crippen MR) is 70.5 cm³/mol. The first-order valence-electron chi connectivity index (χ1n) is 6.03. The number of esters is 1. The minimum Gasteiger partial charge on any atom is -0.423 e. The average molecular weight is 284 g/mol. The molecule has 0 atom stereocenters. The smallest absolute Gasteiger partial charge is 0.343 e. The highest BCUT2D eigenvalue weighted by molar-refractivity contribution is 5.91. The zero-order valence-electron chi connectivity index (χ0n) is 10.7. The van der Waals surface area contributed by atoms with Crippen LogP contribution in [-0.2, 0) is 0 Å². The quantitative estimate of drug-likeness (QED) is 0.543. The summed E-state index contributed by atoms with van der Waals surface area (Å²) < 4.78 is 19.7. The molecule has 1 aromatic heterocycles. The van der Waals surface area contributed by atoms with E-state index in [4.69, 9.17) is 4.74 Å². The standard InChI is InChI=1S/C14H9FN4O2/c15-11-3-1-2-10(8-11)14(20)21-13-6-4-12(5-7-13)19-9-16-17-18-19/h1-9H. The van der Waals surface area contributed by atoms with E-state index >= 15 is 0 Å². The number of hydrogen-bond donors (Lipinski definition) is 0. The molecule has 0 unspecified atom stereocenters. The lowest BCUT2D eigenvalue weighted by Gasteiger charge is -2.05. The van der Waals surface area contributed by atoms with E-state index in [2.05, 4.69) is 15.5 Å². The van der Waals surface area contributed by atoms with E-state index in [-0.39, 0.29) is 5.56 Å². The third-order valence-electron chi connectivity index (χ3n) is 2.72. The van der Waals surface area contributed by atoms with Gasteiger partial charge in [0.2, 0.25) is 0 Å².